The van der Waals surface area contributed by atoms with Crippen molar-refractivity contribution in [3.8, 4) is 11.1 Å². The molecular formula is C29H30Cl2N2O3. The summed E-state index contributed by atoms with van der Waals surface area (Å²) in [5.41, 5.74) is 6.17. The van der Waals surface area contributed by atoms with Gasteiger partial charge in [-0.25, -0.2) is 0 Å². The summed E-state index contributed by atoms with van der Waals surface area (Å²) in [6.45, 7) is 3.93. The van der Waals surface area contributed by atoms with Crippen molar-refractivity contribution in [2.45, 2.75) is 58.3 Å². The van der Waals surface area contributed by atoms with Gasteiger partial charge in [0.2, 0.25) is 5.91 Å². The number of benzene rings is 2. The lowest BCUT2D eigenvalue weighted by Gasteiger charge is -2.26. The fraction of sp³-hybridized carbons (Fsp3) is 0.345. The first-order valence-electron chi connectivity index (χ1n) is 12.3. The largest absolute Gasteiger partial charge is 0.481 e. The first kappa shape index (κ1) is 26.2. The number of carbonyl (C=O) groups is 2. The molecule has 0 aliphatic heterocycles. The number of halogens is 2. The van der Waals surface area contributed by atoms with Crippen molar-refractivity contribution in [1.29, 1.82) is 0 Å². The van der Waals surface area contributed by atoms with Gasteiger partial charge < -0.3 is 10.4 Å². The molecule has 1 atom stereocenters. The van der Waals surface area contributed by atoms with Crippen LogP contribution in [0.3, 0.4) is 0 Å². The number of carbonyl (C=O) groups excluding carboxylic acids is 1. The topological polar surface area (TPSA) is 79.3 Å². The van der Waals surface area contributed by atoms with E-state index < -0.39 is 5.97 Å². The quantitative estimate of drug-likeness (QED) is 0.317. The molecule has 1 fully saturated rings. The molecule has 0 spiro atoms. The predicted octanol–water partition coefficient (Wildman–Crippen LogP) is 7.60. The van der Waals surface area contributed by atoms with Crippen LogP contribution < -0.4 is 5.32 Å². The lowest BCUT2D eigenvalue weighted by molar-refractivity contribution is -0.137. The van der Waals surface area contributed by atoms with Gasteiger partial charge in [-0.05, 0) is 85.0 Å². The number of rotatable bonds is 8. The number of carboxylic acids is 1. The van der Waals surface area contributed by atoms with Gasteiger partial charge in [0.1, 0.15) is 0 Å². The Morgan fingerprint density at radius 3 is 2.56 bits per heavy atom. The number of aromatic nitrogens is 1. The molecule has 1 saturated carbocycles. The molecule has 0 radical (unpaired) electrons. The SMILES string of the molecule is Cc1cc([C@H](C(=O)Nc2cccc(CCC(=O)O)c2C)C2CCCC2)c(Cl)cc1-c1cncc(Cl)c1. The van der Waals surface area contributed by atoms with Gasteiger partial charge in [0.15, 0.2) is 0 Å². The highest BCUT2D eigenvalue weighted by Gasteiger charge is 2.34. The van der Waals surface area contributed by atoms with E-state index in [0.717, 1.165) is 59.1 Å². The van der Waals surface area contributed by atoms with Gasteiger partial charge in [-0.2, -0.15) is 0 Å². The van der Waals surface area contributed by atoms with E-state index >= 15 is 0 Å². The predicted molar refractivity (Wildman–Crippen MR) is 145 cm³/mol. The third-order valence-corrected chi connectivity index (χ3v) is 7.69. The fourth-order valence-corrected chi connectivity index (χ4v) is 5.71. The second-order valence-electron chi connectivity index (χ2n) is 9.58. The van der Waals surface area contributed by atoms with Crippen molar-refractivity contribution in [2.24, 2.45) is 5.92 Å². The Bertz CT molecular complexity index is 1290. The maximum absolute atomic E-state index is 13.8. The number of hydrogen-bond acceptors (Lipinski definition) is 3. The van der Waals surface area contributed by atoms with Gasteiger partial charge in [0, 0.05) is 35.1 Å². The Labute approximate surface area is 221 Å². The van der Waals surface area contributed by atoms with E-state index in [4.69, 9.17) is 28.3 Å². The van der Waals surface area contributed by atoms with Crippen LogP contribution >= 0.6 is 23.2 Å². The minimum atomic E-state index is -0.841. The van der Waals surface area contributed by atoms with Crippen LogP contribution in [-0.2, 0) is 16.0 Å². The van der Waals surface area contributed by atoms with Gasteiger partial charge >= 0.3 is 5.97 Å². The lowest BCUT2D eigenvalue weighted by atomic mass is 9.82. The van der Waals surface area contributed by atoms with Crippen LogP contribution in [0.15, 0.2) is 48.8 Å². The van der Waals surface area contributed by atoms with Crippen LogP contribution in [-0.4, -0.2) is 22.0 Å². The van der Waals surface area contributed by atoms with Crippen molar-refractivity contribution < 1.29 is 14.7 Å². The summed E-state index contributed by atoms with van der Waals surface area (Å²) in [7, 11) is 0. The van der Waals surface area contributed by atoms with Crippen molar-refractivity contribution in [3.05, 3.63) is 81.1 Å². The number of hydrogen-bond donors (Lipinski definition) is 2. The molecule has 1 aliphatic rings. The average Bonchev–Trinajstić information content (AvgIpc) is 3.36. The number of nitrogens with one attached hydrogen (secondary N) is 1. The average molecular weight is 525 g/mol. The molecule has 1 aliphatic carbocycles. The van der Waals surface area contributed by atoms with Crippen LogP contribution in [0.1, 0.15) is 60.3 Å². The number of pyridine rings is 1. The molecule has 1 aromatic heterocycles. The monoisotopic (exact) mass is 524 g/mol. The highest BCUT2D eigenvalue weighted by molar-refractivity contribution is 6.32. The van der Waals surface area contributed by atoms with E-state index in [1.54, 1.807) is 12.4 Å². The second-order valence-corrected chi connectivity index (χ2v) is 10.4. The Hall–Kier alpha value is -2.89. The summed E-state index contributed by atoms with van der Waals surface area (Å²) in [6, 6.07) is 11.4. The van der Waals surface area contributed by atoms with Crippen LogP contribution in [0.4, 0.5) is 5.69 Å². The first-order chi connectivity index (χ1) is 17.2. The molecule has 1 heterocycles. The zero-order chi connectivity index (χ0) is 25.8. The molecule has 0 bridgehead atoms. The molecule has 0 unspecified atom stereocenters. The molecule has 4 rings (SSSR count). The Morgan fingerprint density at radius 2 is 1.86 bits per heavy atom. The number of amides is 1. The summed E-state index contributed by atoms with van der Waals surface area (Å²) >= 11 is 13.0. The lowest BCUT2D eigenvalue weighted by Crippen LogP contribution is -2.27. The van der Waals surface area contributed by atoms with Crippen LogP contribution in [0.2, 0.25) is 10.0 Å². The highest BCUT2D eigenvalue weighted by atomic mass is 35.5. The van der Waals surface area contributed by atoms with Gasteiger partial charge in [0.05, 0.1) is 10.9 Å². The second kappa shape index (κ2) is 11.4. The molecule has 3 aromatic rings. The van der Waals surface area contributed by atoms with E-state index in [2.05, 4.69) is 10.3 Å². The molecule has 2 aromatic carbocycles. The number of nitrogens with zero attached hydrogens (tertiary/aromatic N) is 1. The minimum absolute atomic E-state index is 0.0479. The van der Waals surface area contributed by atoms with Crippen molar-refractivity contribution in [3.63, 3.8) is 0 Å². The number of aryl methyl sites for hydroxylation is 2. The minimum Gasteiger partial charge on any atom is -0.481 e. The third kappa shape index (κ3) is 5.91. The molecule has 1 amide bonds. The normalized spacial score (nSPS) is 14.6. The summed E-state index contributed by atoms with van der Waals surface area (Å²) in [5, 5.41) is 13.3. The fourth-order valence-electron chi connectivity index (χ4n) is 5.25. The smallest absolute Gasteiger partial charge is 0.303 e. The Kier molecular flexibility index (Phi) is 8.32. The Balaban J connectivity index is 1.67. The van der Waals surface area contributed by atoms with E-state index in [0.29, 0.717) is 22.2 Å². The van der Waals surface area contributed by atoms with Gasteiger partial charge in [-0.3, -0.25) is 14.6 Å². The number of anilines is 1. The van der Waals surface area contributed by atoms with Crippen LogP contribution in [0.25, 0.3) is 11.1 Å². The molecule has 36 heavy (non-hydrogen) atoms. The van der Waals surface area contributed by atoms with E-state index in [1.807, 2.05) is 50.2 Å². The molecule has 0 saturated heterocycles. The molecule has 2 N–H and O–H groups in total. The van der Waals surface area contributed by atoms with E-state index in [9.17, 15) is 9.59 Å². The summed E-state index contributed by atoms with van der Waals surface area (Å²) in [6.07, 6.45) is 7.97. The molecule has 188 valence electrons. The molecule has 7 heteroatoms. The summed E-state index contributed by atoms with van der Waals surface area (Å²) in [5.74, 6) is -1.10. The Morgan fingerprint density at radius 1 is 1.11 bits per heavy atom. The standard InChI is InChI=1S/C29H30Cl2N2O3/c1-17-12-24(25(31)14-23(17)21-13-22(30)16-32-15-21)28(20-6-3-4-7-20)29(36)33-26-9-5-8-19(18(26)2)10-11-27(34)35/h5,8-9,12-16,20,28H,3-4,6-7,10-11H2,1-2H3,(H,33,36)(H,34,35)/t28-/m1/s1. The third-order valence-electron chi connectivity index (χ3n) is 7.16. The van der Waals surface area contributed by atoms with E-state index in [-0.39, 0.29) is 24.2 Å². The number of carboxylic acid groups (broad SMARTS) is 1. The molecule has 5 nitrogen and oxygen atoms in total. The van der Waals surface area contributed by atoms with Gasteiger partial charge in [-0.1, -0.05) is 54.2 Å². The van der Waals surface area contributed by atoms with E-state index in [1.165, 1.54) is 0 Å². The van der Waals surface area contributed by atoms with Gasteiger partial charge in [-0.15, -0.1) is 0 Å². The first-order valence-corrected chi connectivity index (χ1v) is 13.0. The maximum atomic E-state index is 13.8. The van der Waals surface area contributed by atoms with Crippen molar-refractivity contribution >= 4 is 40.8 Å². The van der Waals surface area contributed by atoms with Crippen LogP contribution in [0, 0.1) is 19.8 Å². The summed E-state index contributed by atoms with van der Waals surface area (Å²) in [4.78, 5) is 29.0. The molecular weight excluding hydrogens is 495 g/mol. The zero-order valence-corrected chi connectivity index (χ0v) is 22.0. The zero-order valence-electron chi connectivity index (χ0n) is 20.5. The van der Waals surface area contributed by atoms with Crippen molar-refractivity contribution in [2.75, 3.05) is 5.32 Å². The van der Waals surface area contributed by atoms with Gasteiger partial charge in [0.25, 0.3) is 0 Å². The van der Waals surface area contributed by atoms with Crippen molar-refractivity contribution in [1.82, 2.24) is 4.98 Å². The highest BCUT2D eigenvalue weighted by Crippen LogP contribution is 2.42. The maximum Gasteiger partial charge on any atom is 0.303 e. The number of aliphatic carboxylic acids is 1. The summed E-state index contributed by atoms with van der Waals surface area (Å²) < 4.78 is 0. The van der Waals surface area contributed by atoms with Crippen LogP contribution in [0.5, 0.6) is 0 Å².